The van der Waals surface area contributed by atoms with Gasteiger partial charge in [-0.3, -0.25) is 4.79 Å². The molecule has 1 amide bonds. The van der Waals surface area contributed by atoms with Gasteiger partial charge in [0.25, 0.3) is 5.91 Å². The predicted octanol–water partition coefficient (Wildman–Crippen LogP) is 3.41. The quantitative estimate of drug-likeness (QED) is 0.798. The Labute approximate surface area is 117 Å². The van der Waals surface area contributed by atoms with E-state index in [0.29, 0.717) is 11.8 Å². The van der Waals surface area contributed by atoms with E-state index in [-0.39, 0.29) is 5.91 Å². The van der Waals surface area contributed by atoms with E-state index >= 15 is 0 Å². The summed E-state index contributed by atoms with van der Waals surface area (Å²) in [5.41, 5.74) is 3.59. The van der Waals surface area contributed by atoms with Crippen molar-refractivity contribution in [3.63, 3.8) is 0 Å². The largest absolute Gasteiger partial charge is 0.338 e. The van der Waals surface area contributed by atoms with Crippen molar-refractivity contribution >= 4 is 27.5 Å². The lowest BCUT2D eigenvalue weighted by Crippen LogP contribution is -2.42. The first kappa shape index (κ1) is 12.6. The van der Waals surface area contributed by atoms with Gasteiger partial charge >= 0.3 is 0 Å². The summed E-state index contributed by atoms with van der Waals surface area (Å²) in [5, 5.41) is 0. The van der Waals surface area contributed by atoms with E-state index in [2.05, 4.69) is 18.8 Å². The van der Waals surface area contributed by atoms with Crippen LogP contribution in [0.2, 0.25) is 0 Å². The molecule has 1 fully saturated rings. The minimum absolute atomic E-state index is 0.161. The monoisotopic (exact) mass is 274 g/mol. The molecular weight excluding hydrogens is 256 g/mol. The lowest BCUT2D eigenvalue weighted by Gasteiger charge is -2.35. The van der Waals surface area contributed by atoms with Gasteiger partial charge in [0.05, 0.1) is 15.7 Å². The Hall–Kier alpha value is -1.42. The number of likely N-dealkylation sites (tertiary alicyclic amines) is 1. The number of piperidine rings is 1. The van der Waals surface area contributed by atoms with Gasteiger partial charge in [0.15, 0.2) is 0 Å². The molecule has 0 N–H and O–H groups in total. The van der Waals surface area contributed by atoms with E-state index in [4.69, 9.17) is 0 Å². The number of carbonyl (C=O) groups is 1. The fraction of sp³-hybridized carbons (Fsp3) is 0.467. The molecule has 0 bridgehead atoms. The van der Waals surface area contributed by atoms with Gasteiger partial charge in [-0.05, 0) is 36.5 Å². The third-order valence-electron chi connectivity index (χ3n) is 3.73. The third kappa shape index (κ3) is 2.50. The van der Waals surface area contributed by atoms with E-state index in [1.54, 1.807) is 11.3 Å². The van der Waals surface area contributed by atoms with Gasteiger partial charge in [0, 0.05) is 18.7 Å². The summed E-state index contributed by atoms with van der Waals surface area (Å²) in [5.74, 6) is 1.35. The lowest BCUT2D eigenvalue weighted by molar-refractivity contribution is 0.0623. The number of aromatic nitrogens is 1. The first-order valence-electron chi connectivity index (χ1n) is 6.76. The fourth-order valence-electron chi connectivity index (χ4n) is 3.00. The average molecular weight is 274 g/mol. The molecule has 19 heavy (non-hydrogen) atoms. The molecule has 0 aliphatic carbocycles. The molecule has 4 heteroatoms. The zero-order valence-electron chi connectivity index (χ0n) is 11.3. The highest BCUT2D eigenvalue weighted by Crippen LogP contribution is 2.24. The Bertz CT molecular complexity index is 597. The van der Waals surface area contributed by atoms with Crippen molar-refractivity contribution in [2.24, 2.45) is 11.8 Å². The standard InChI is InChI=1S/C15H18N2OS/c1-10-5-11(2)8-17(7-10)15(18)12-3-4-13-14(6-12)19-9-16-13/h3-4,6,9-11H,5,7-8H2,1-2H3. The zero-order chi connectivity index (χ0) is 13.4. The van der Waals surface area contributed by atoms with Gasteiger partial charge in [-0.15, -0.1) is 11.3 Å². The lowest BCUT2D eigenvalue weighted by atomic mass is 9.91. The first-order valence-corrected chi connectivity index (χ1v) is 7.64. The zero-order valence-corrected chi connectivity index (χ0v) is 12.1. The van der Waals surface area contributed by atoms with E-state index in [1.807, 2.05) is 28.6 Å². The maximum atomic E-state index is 12.6. The molecule has 0 saturated carbocycles. The van der Waals surface area contributed by atoms with Crippen molar-refractivity contribution in [3.05, 3.63) is 29.3 Å². The Morgan fingerprint density at radius 2 is 2.05 bits per heavy atom. The number of amides is 1. The van der Waals surface area contributed by atoms with Crippen molar-refractivity contribution in [3.8, 4) is 0 Å². The first-order chi connectivity index (χ1) is 9.13. The molecular formula is C15H18N2OS. The topological polar surface area (TPSA) is 33.2 Å². The molecule has 1 aliphatic heterocycles. The molecule has 2 heterocycles. The highest BCUT2D eigenvalue weighted by atomic mass is 32.1. The smallest absolute Gasteiger partial charge is 0.253 e. The van der Waals surface area contributed by atoms with Gasteiger partial charge in [-0.1, -0.05) is 13.8 Å². The number of carbonyl (C=O) groups excluding carboxylic acids is 1. The van der Waals surface area contributed by atoms with Gasteiger partial charge in [-0.2, -0.15) is 0 Å². The number of hydrogen-bond acceptors (Lipinski definition) is 3. The van der Waals surface area contributed by atoms with Crippen molar-refractivity contribution in [2.75, 3.05) is 13.1 Å². The second kappa shape index (κ2) is 4.93. The maximum absolute atomic E-state index is 12.6. The molecule has 1 aliphatic rings. The van der Waals surface area contributed by atoms with Crippen molar-refractivity contribution in [1.82, 2.24) is 9.88 Å². The molecule has 1 saturated heterocycles. The van der Waals surface area contributed by atoms with E-state index in [0.717, 1.165) is 28.9 Å². The second-order valence-corrected chi connectivity index (χ2v) is 6.58. The highest BCUT2D eigenvalue weighted by Gasteiger charge is 2.26. The summed E-state index contributed by atoms with van der Waals surface area (Å²) < 4.78 is 1.09. The van der Waals surface area contributed by atoms with E-state index < -0.39 is 0 Å². The summed E-state index contributed by atoms with van der Waals surface area (Å²) in [7, 11) is 0. The molecule has 1 aromatic carbocycles. The summed E-state index contributed by atoms with van der Waals surface area (Å²) in [6.45, 7) is 6.21. The Morgan fingerprint density at radius 3 is 2.79 bits per heavy atom. The van der Waals surface area contributed by atoms with Crippen LogP contribution in [-0.4, -0.2) is 28.9 Å². The van der Waals surface area contributed by atoms with Crippen LogP contribution in [0, 0.1) is 11.8 Å². The number of nitrogens with zero attached hydrogens (tertiary/aromatic N) is 2. The van der Waals surface area contributed by atoms with Crippen LogP contribution in [-0.2, 0) is 0 Å². The van der Waals surface area contributed by atoms with Crippen LogP contribution in [0.3, 0.4) is 0 Å². The number of benzene rings is 1. The normalized spacial score (nSPS) is 23.8. The molecule has 2 atom stereocenters. The summed E-state index contributed by atoms with van der Waals surface area (Å²) in [6.07, 6.45) is 1.22. The molecule has 2 unspecified atom stereocenters. The third-order valence-corrected chi connectivity index (χ3v) is 4.53. The number of fused-ring (bicyclic) bond motifs is 1. The van der Waals surface area contributed by atoms with Crippen molar-refractivity contribution < 1.29 is 4.79 Å². The molecule has 0 spiro atoms. The second-order valence-electron chi connectivity index (χ2n) is 5.69. The van der Waals surface area contributed by atoms with Crippen molar-refractivity contribution in [2.45, 2.75) is 20.3 Å². The van der Waals surface area contributed by atoms with E-state index in [9.17, 15) is 4.79 Å². The van der Waals surface area contributed by atoms with Gasteiger partial charge < -0.3 is 4.90 Å². The Morgan fingerprint density at radius 1 is 1.32 bits per heavy atom. The van der Waals surface area contributed by atoms with Crippen LogP contribution in [0.5, 0.6) is 0 Å². The average Bonchev–Trinajstić information content (AvgIpc) is 2.83. The van der Waals surface area contributed by atoms with E-state index in [1.165, 1.54) is 6.42 Å². The number of thiazole rings is 1. The van der Waals surface area contributed by atoms with Crippen LogP contribution in [0.15, 0.2) is 23.7 Å². The highest BCUT2D eigenvalue weighted by molar-refractivity contribution is 7.16. The van der Waals surface area contributed by atoms with Crippen LogP contribution in [0.1, 0.15) is 30.6 Å². The van der Waals surface area contributed by atoms with Gasteiger partial charge in [0.1, 0.15) is 0 Å². The van der Waals surface area contributed by atoms with Crippen LogP contribution in [0.4, 0.5) is 0 Å². The SMILES string of the molecule is CC1CC(C)CN(C(=O)c2ccc3ncsc3c2)C1. The summed E-state index contributed by atoms with van der Waals surface area (Å²) in [6, 6.07) is 5.81. The van der Waals surface area contributed by atoms with Gasteiger partial charge in [0.2, 0.25) is 0 Å². The number of hydrogen-bond donors (Lipinski definition) is 0. The molecule has 3 rings (SSSR count). The molecule has 2 aromatic rings. The fourth-order valence-corrected chi connectivity index (χ4v) is 3.72. The van der Waals surface area contributed by atoms with Crippen molar-refractivity contribution in [1.29, 1.82) is 0 Å². The van der Waals surface area contributed by atoms with Crippen LogP contribution >= 0.6 is 11.3 Å². The Kier molecular flexibility index (Phi) is 3.27. The summed E-state index contributed by atoms with van der Waals surface area (Å²) in [4.78, 5) is 18.8. The van der Waals surface area contributed by atoms with Gasteiger partial charge in [-0.25, -0.2) is 4.98 Å². The summed E-state index contributed by atoms with van der Waals surface area (Å²) >= 11 is 1.58. The molecule has 1 aromatic heterocycles. The van der Waals surface area contributed by atoms with Crippen LogP contribution in [0.25, 0.3) is 10.2 Å². The minimum Gasteiger partial charge on any atom is -0.338 e. The molecule has 100 valence electrons. The number of rotatable bonds is 1. The Balaban J connectivity index is 1.86. The minimum atomic E-state index is 0.161. The van der Waals surface area contributed by atoms with Crippen LogP contribution < -0.4 is 0 Å². The maximum Gasteiger partial charge on any atom is 0.253 e. The molecule has 3 nitrogen and oxygen atoms in total. The molecule has 0 radical (unpaired) electrons. The predicted molar refractivity (Wildman–Crippen MR) is 78.5 cm³/mol.